The Bertz CT molecular complexity index is 876. The summed E-state index contributed by atoms with van der Waals surface area (Å²) in [5.41, 5.74) is 1.92. The zero-order valence-electron chi connectivity index (χ0n) is 14.9. The Labute approximate surface area is 160 Å². The summed E-state index contributed by atoms with van der Waals surface area (Å²) >= 11 is 0. The normalized spacial score (nSPS) is 13.3. The molecule has 148 valence electrons. The maximum atomic E-state index is 12.6. The molecule has 7 nitrogen and oxygen atoms in total. The van der Waals surface area contributed by atoms with Crippen LogP contribution in [0.4, 0.5) is 20.2 Å². The Kier molecular flexibility index (Phi) is 6.15. The van der Waals surface area contributed by atoms with Crippen LogP contribution in [0.5, 0.6) is 5.75 Å². The number of halogens is 2. The lowest BCUT2D eigenvalue weighted by molar-refractivity contribution is -0.385. The molecular weight excluding hydrogens is 372 g/mol. The Morgan fingerprint density at radius 2 is 2.07 bits per heavy atom. The Hall–Kier alpha value is -3.07. The van der Waals surface area contributed by atoms with E-state index >= 15 is 0 Å². The summed E-state index contributed by atoms with van der Waals surface area (Å²) in [6.45, 7) is -2.50. The number of rotatable bonds is 7. The minimum atomic E-state index is -3.05. The SMILES string of the molecule is O=C(CNCc1cc([N+](=O)[O-])ccc1OC(F)F)N1CCCc2ccccc21. The molecule has 2 aromatic carbocycles. The van der Waals surface area contributed by atoms with Crippen molar-refractivity contribution in [3.8, 4) is 5.75 Å². The van der Waals surface area contributed by atoms with Crippen LogP contribution >= 0.6 is 0 Å². The second-order valence-corrected chi connectivity index (χ2v) is 6.31. The number of hydrogen-bond acceptors (Lipinski definition) is 5. The van der Waals surface area contributed by atoms with Gasteiger partial charge >= 0.3 is 6.61 Å². The van der Waals surface area contributed by atoms with Crippen molar-refractivity contribution in [2.75, 3.05) is 18.0 Å². The van der Waals surface area contributed by atoms with Crippen molar-refractivity contribution in [1.82, 2.24) is 5.32 Å². The fourth-order valence-electron chi connectivity index (χ4n) is 3.22. The average molecular weight is 391 g/mol. The molecule has 3 rings (SSSR count). The number of carbonyl (C=O) groups excluding carboxylic acids is 1. The van der Waals surface area contributed by atoms with Crippen molar-refractivity contribution in [1.29, 1.82) is 0 Å². The third-order valence-corrected chi connectivity index (χ3v) is 4.47. The van der Waals surface area contributed by atoms with E-state index in [-0.39, 0.29) is 36.0 Å². The third-order valence-electron chi connectivity index (χ3n) is 4.47. The van der Waals surface area contributed by atoms with Gasteiger partial charge in [0.05, 0.1) is 11.5 Å². The van der Waals surface area contributed by atoms with Crippen LogP contribution < -0.4 is 15.0 Å². The van der Waals surface area contributed by atoms with E-state index in [4.69, 9.17) is 0 Å². The second-order valence-electron chi connectivity index (χ2n) is 6.31. The highest BCUT2D eigenvalue weighted by Gasteiger charge is 2.22. The molecule has 0 atom stereocenters. The number of benzene rings is 2. The van der Waals surface area contributed by atoms with Gasteiger partial charge in [-0.1, -0.05) is 18.2 Å². The largest absolute Gasteiger partial charge is 0.434 e. The molecule has 0 radical (unpaired) electrons. The predicted octanol–water partition coefficient (Wildman–Crippen LogP) is 3.27. The highest BCUT2D eigenvalue weighted by atomic mass is 19.3. The number of hydrogen-bond donors (Lipinski definition) is 1. The topological polar surface area (TPSA) is 84.7 Å². The van der Waals surface area contributed by atoms with E-state index in [0.717, 1.165) is 42.3 Å². The van der Waals surface area contributed by atoms with Crippen LogP contribution in [0.1, 0.15) is 17.5 Å². The molecule has 0 saturated heterocycles. The molecule has 1 aliphatic rings. The van der Waals surface area contributed by atoms with Crippen LogP contribution in [-0.2, 0) is 17.8 Å². The van der Waals surface area contributed by atoms with Crippen LogP contribution in [0.2, 0.25) is 0 Å². The minimum Gasteiger partial charge on any atom is -0.434 e. The molecule has 9 heteroatoms. The van der Waals surface area contributed by atoms with Gasteiger partial charge in [-0.25, -0.2) is 0 Å². The first-order valence-electron chi connectivity index (χ1n) is 8.77. The van der Waals surface area contributed by atoms with Gasteiger partial charge in [-0.15, -0.1) is 0 Å². The quantitative estimate of drug-likeness (QED) is 0.578. The molecule has 1 amide bonds. The number of carbonyl (C=O) groups is 1. The highest BCUT2D eigenvalue weighted by Crippen LogP contribution is 2.27. The maximum Gasteiger partial charge on any atom is 0.387 e. The molecule has 28 heavy (non-hydrogen) atoms. The Balaban J connectivity index is 1.67. The molecule has 0 bridgehead atoms. The smallest absolute Gasteiger partial charge is 0.387 e. The summed E-state index contributed by atoms with van der Waals surface area (Å²) in [5.74, 6) is -0.322. The number of nitro benzene ring substituents is 1. The molecule has 1 heterocycles. The highest BCUT2D eigenvalue weighted by molar-refractivity contribution is 5.95. The van der Waals surface area contributed by atoms with Gasteiger partial charge in [-0.05, 0) is 30.5 Å². The summed E-state index contributed by atoms with van der Waals surface area (Å²) in [4.78, 5) is 24.6. The van der Waals surface area contributed by atoms with E-state index in [1.165, 1.54) is 0 Å². The van der Waals surface area contributed by atoms with E-state index in [0.29, 0.717) is 6.54 Å². The van der Waals surface area contributed by atoms with Crippen molar-refractivity contribution >= 4 is 17.3 Å². The Morgan fingerprint density at radius 1 is 1.29 bits per heavy atom. The summed E-state index contributed by atoms with van der Waals surface area (Å²) < 4.78 is 29.5. The number of non-ortho nitro benzene ring substituents is 1. The molecule has 0 spiro atoms. The van der Waals surface area contributed by atoms with Crippen molar-refractivity contribution in [2.45, 2.75) is 26.0 Å². The van der Waals surface area contributed by atoms with Crippen molar-refractivity contribution in [3.05, 3.63) is 63.7 Å². The number of amides is 1. The van der Waals surface area contributed by atoms with Crippen LogP contribution in [0.15, 0.2) is 42.5 Å². The van der Waals surface area contributed by atoms with Gasteiger partial charge in [0, 0.05) is 36.5 Å². The Morgan fingerprint density at radius 3 is 2.82 bits per heavy atom. The fourth-order valence-corrected chi connectivity index (χ4v) is 3.22. The lowest BCUT2D eigenvalue weighted by atomic mass is 10.0. The van der Waals surface area contributed by atoms with Crippen LogP contribution in [-0.4, -0.2) is 30.5 Å². The van der Waals surface area contributed by atoms with Gasteiger partial charge < -0.3 is 15.0 Å². The lowest BCUT2D eigenvalue weighted by Gasteiger charge is -2.29. The van der Waals surface area contributed by atoms with Crippen molar-refractivity contribution in [2.24, 2.45) is 0 Å². The first kappa shape index (κ1) is 19.7. The zero-order chi connectivity index (χ0) is 20.1. The van der Waals surface area contributed by atoms with Gasteiger partial charge in [0.2, 0.25) is 5.91 Å². The van der Waals surface area contributed by atoms with Crippen LogP contribution in [0.25, 0.3) is 0 Å². The van der Waals surface area contributed by atoms with Gasteiger partial charge in [-0.2, -0.15) is 8.78 Å². The van der Waals surface area contributed by atoms with Gasteiger partial charge in [0.25, 0.3) is 5.69 Å². The zero-order valence-corrected chi connectivity index (χ0v) is 14.9. The summed E-state index contributed by atoms with van der Waals surface area (Å²) in [6.07, 6.45) is 1.77. The van der Waals surface area contributed by atoms with E-state index in [1.807, 2.05) is 24.3 Å². The molecular formula is C19H19F2N3O4. The van der Waals surface area contributed by atoms with Gasteiger partial charge in [-0.3, -0.25) is 14.9 Å². The summed E-state index contributed by atoms with van der Waals surface area (Å²) in [5, 5.41) is 13.8. The minimum absolute atomic E-state index is 0.0229. The second kappa shape index (κ2) is 8.75. The number of anilines is 1. The van der Waals surface area contributed by atoms with Crippen LogP contribution in [0, 0.1) is 10.1 Å². The average Bonchev–Trinajstić information content (AvgIpc) is 2.68. The maximum absolute atomic E-state index is 12.6. The third kappa shape index (κ3) is 4.61. The molecule has 1 aliphatic heterocycles. The number of nitrogens with zero attached hydrogens (tertiary/aromatic N) is 2. The molecule has 2 aromatic rings. The van der Waals surface area contributed by atoms with Crippen molar-refractivity contribution in [3.63, 3.8) is 0 Å². The molecule has 0 aromatic heterocycles. The number of fused-ring (bicyclic) bond motifs is 1. The lowest BCUT2D eigenvalue weighted by Crippen LogP contribution is -2.41. The van der Waals surface area contributed by atoms with Gasteiger partial charge in [0.1, 0.15) is 5.75 Å². The van der Waals surface area contributed by atoms with Gasteiger partial charge in [0.15, 0.2) is 0 Å². The first-order chi connectivity index (χ1) is 13.5. The predicted molar refractivity (Wildman–Crippen MR) is 98.6 cm³/mol. The van der Waals surface area contributed by atoms with Crippen LogP contribution in [0.3, 0.4) is 0 Å². The molecule has 0 fully saturated rings. The molecule has 0 aliphatic carbocycles. The molecule has 0 saturated carbocycles. The first-order valence-corrected chi connectivity index (χ1v) is 8.77. The fraction of sp³-hybridized carbons (Fsp3) is 0.316. The van der Waals surface area contributed by atoms with E-state index < -0.39 is 11.5 Å². The number of para-hydroxylation sites is 1. The number of nitro groups is 1. The number of nitrogens with one attached hydrogen (secondary N) is 1. The van der Waals surface area contributed by atoms with E-state index in [2.05, 4.69) is 10.1 Å². The standard InChI is InChI=1S/C19H19F2N3O4/c20-19(21)28-17-8-7-15(24(26)27)10-14(17)11-22-12-18(25)23-9-3-5-13-4-1-2-6-16(13)23/h1-2,4,6-8,10,19,22H,3,5,9,11-12H2. The number of aryl methyl sites for hydroxylation is 1. The van der Waals surface area contributed by atoms with E-state index in [1.54, 1.807) is 4.90 Å². The summed E-state index contributed by atoms with van der Waals surface area (Å²) in [7, 11) is 0. The van der Waals surface area contributed by atoms with Crippen molar-refractivity contribution < 1.29 is 23.2 Å². The summed E-state index contributed by atoms with van der Waals surface area (Å²) in [6, 6.07) is 11.1. The monoisotopic (exact) mass is 391 g/mol. The molecule has 1 N–H and O–H groups in total. The number of alkyl halides is 2. The van der Waals surface area contributed by atoms with E-state index in [9.17, 15) is 23.7 Å². The number of ether oxygens (including phenoxy) is 1. The molecule has 0 unspecified atom stereocenters.